The highest BCUT2D eigenvalue weighted by Crippen LogP contribution is 2.30. The minimum Gasteiger partial charge on any atom is -0.310 e. The molecule has 0 aliphatic heterocycles. The summed E-state index contributed by atoms with van der Waals surface area (Å²) >= 11 is 6.00. The summed E-state index contributed by atoms with van der Waals surface area (Å²) in [5.74, 6) is 0.859. The topological polar surface area (TPSA) is 12.0 Å². The Morgan fingerprint density at radius 3 is 2.33 bits per heavy atom. The Hall–Kier alpha value is -0.530. The van der Waals surface area contributed by atoms with Crippen LogP contribution in [0.25, 0.3) is 0 Å². The highest BCUT2D eigenvalue weighted by Gasteiger charge is 2.31. The van der Waals surface area contributed by atoms with Crippen LogP contribution in [-0.2, 0) is 6.54 Å². The zero-order chi connectivity index (χ0) is 11.0. The van der Waals surface area contributed by atoms with Crippen molar-refractivity contribution < 1.29 is 0 Å². The Balaban J connectivity index is 2.06. The van der Waals surface area contributed by atoms with Crippen molar-refractivity contribution in [1.82, 2.24) is 5.32 Å². The summed E-state index contributed by atoms with van der Waals surface area (Å²) in [7, 11) is 0. The smallest absolute Gasteiger partial charge is 0.0411 e. The summed E-state index contributed by atoms with van der Waals surface area (Å²) in [6.07, 6.45) is 1.33. The first-order chi connectivity index (χ1) is 7.08. The molecule has 2 unspecified atom stereocenters. The fourth-order valence-corrected chi connectivity index (χ4v) is 2.39. The predicted octanol–water partition coefficient (Wildman–Crippen LogP) is 3.45. The maximum Gasteiger partial charge on any atom is 0.0411 e. The van der Waals surface area contributed by atoms with Gasteiger partial charge in [0.2, 0.25) is 0 Å². The zero-order valence-corrected chi connectivity index (χ0v) is 10.4. The molecule has 82 valence electrons. The van der Waals surface area contributed by atoms with Crippen LogP contribution < -0.4 is 5.32 Å². The fraction of sp³-hybridized carbons (Fsp3) is 0.538. The average molecular weight is 224 g/mol. The van der Waals surface area contributed by atoms with Crippen LogP contribution in [0.3, 0.4) is 0 Å². The van der Waals surface area contributed by atoms with Gasteiger partial charge in [0, 0.05) is 17.6 Å². The van der Waals surface area contributed by atoms with E-state index in [1.54, 1.807) is 0 Å². The van der Waals surface area contributed by atoms with E-state index in [2.05, 4.69) is 26.1 Å². The maximum absolute atomic E-state index is 6.00. The van der Waals surface area contributed by atoms with E-state index in [4.69, 9.17) is 11.6 Å². The second-order valence-electron chi connectivity index (χ2n) is 4.72. The third kappa shape index (κ3) is 2.53. The normalized spacial score (nSPS) is 24.3. The molecule has 1 fully saturated rings. The van der Waals surface area contributed by atoms with Crippen LogP contribution in [0, 0.1) is 19.8 Å². The van der Waals surface area contributed by atoms with E-state index < -0.39 is 0 Å². The molecule has 2 heteroatoms. The van der Waals surface area contributed by atoms with Crippen molar-refractivity contribution in [3.63, 3.8) is 0 Å². The van der Waals surface area contributed by atoms with Crippen LogP contribution in [-0.4, -0.2) is 6.04 Å². The minimum absolute atomic E-state index is 0.736. The Morgan fingerprint density at radius 2 is 1.87 bits per heavy atom. The van der Waals surface area contributed by atoms with Crippen molar-refractivity contribution in [2.45, 2.75) is 39.8 Å². The lowest BCUT2D eigenvalue weighted by atomic mass is 10.0. The SMILES string of the molecule is Cc1cc(Cl)cc(C)c1CNC1CC1C. The Morgan fingerprint density at radius 1 is 1.33 bits per heavy atom. The average Bonchev–Trinajstić information content (AvgIpc) is 2.80. The molecule has 0 heterocycles. The molecule has 1 nitrogen and oxygen atoms in total. The summed E-state index contributed by atoms with van der Waals surface area (Å²) in [6.45, 7) is 7.53. The molecule has 15 heavy (non-hydrogen) atoms. The summed E-state index contributed by atoms with van der Waals surface area (Å²) in [6, 6.07) is 4.82. The van der Waals surface area contributed by atoms with Gasteiger partial charge in [-0.25, -0.2) is 0 Å². The van der Waals surface area contributed by atoms with Crippen molar-refractivity contribution in [2.75, 3.05) is 0 Å². The van der Waals surface area contributed by atoms with Gasteiger partial charge in [-0.05, 0) is 55.0 Å². The van der Waals surface area contributed by atoms with Gasteiger partial charge in [0.05, 0.1) is 0 Å². The van der Waals surface area contributed by atoms with Crippen molar-refractivity contribution in [3.05, 3.63) is 33.8 Å². The van der Waals surface area contributed by atoms with E-state index in [1.807, 2.05) is 12.1 Å². The van der Waals surface area contributed by atoms with E-state index in [-0.39, 0.29) is 0 Å². The van der Waals surface area contributed by atoms with E-state index in [1.165, 1.54) is 23.1 Å². The highest BCUT2D eigenvalue weighted by atomic mass is 35.5. The van der Waals surface area contributed by atoms with Crippen LogP contribution in [0.1, 0.15) is 30.0 Å². The van der Waals surface area contributed by atoms with E-state index in [0.717, 1.165) is 23.5 Å². The number of benzene rings is 1. The van der Waals surface area contributed by atoms with Gasteiger partial charge in [-0.2, -0.15) is 0 Å². The Labute approximate surface area is 96.8 Å². The maximum atomic E-state index is 6.00. The van der Waals surface area contributed by atoms with Gasteiger partial charge in [0.1, 0.15) is 0 Å². The van der Waals surface area contributed by atoms with Crippen LogP contribution in [0.2, 0.25) is 5.02 Å². The third-order valence-electron chi connectivity index (χ3n) is 3.31. The van der Waals surface area contributed by atoms with E-state index in [9.17, 15) is 0 Å². The number of hydrogen-bond donors (Lipinski definition) is 1. The van der Waals surface area contributed by atoms with Crippen molar-refractivity contribution in [3.8, 4) is 0 Å². The summed E-state index contributed by atoms with van der Waals surface area (Å²) in [5.41, 5.74) is 3.99. The summed E-state index contributed by atoms with van der Waals surface area (Å²) in [4.78, 5) is 0. The molecular weight excluding hydrogens is 206 g/mol. The molecule has 0 radical (unpaired) electrons. The van der Waals surface area contributed by atoms with Crippen LogP contribution in [0.15, 0.2) is 12.1 Å². The molecule has 1 aromatic carbocycles. The van der Waals surface area contributed by atoms with Gasteiger partial charge in [-0.15, -0.1) is 0 Å². The van der Waals surface area contributed by atoms with E-state index in [0.29, 0.717) is 0 Å². The molecule has 1 aliphatic carbocycles. The molecule has 0 amide bonds. The lowest BCUT2D eigenvalue weighted by molar-refractivity contribution is 0.648. The van der Waals surface area contributed by atoms with Gasteiger partial charge >= 0.3 is 0 Å². The summed E-state index contributed by atoms with van der Waals surface area (Å²) in [5, 5.41) is 4.42. The number of halogens is 1. The van der Waals surface area contributed by atoms with Crippen LogP contribution >= 0.6 is 11.6 Å². The molecule has 0 saturated heterocycles. The monoisotopic (exact) mass is 223 g/mol. The number of rotatable bonds is 3. The Kier molecular flexibility index (Phi) is 3.03. The lowest BCUT2D eigenvalue weighted by Crippen LogP contribution is -2.18. The van der Waals surface area contributed by atoms with Crippen molar-refractivity contribution >= 4 is 11.6 Å². The fourth-order valence-electron chi connectivity index (χ4n) is 2.06. The Bertz CT molecular complexity index is 350. The molecule has 0 aromatic heterocycles. The number of nitrogens with one attached hydrogen (secondary N) is 1. The quantitative estimate of drug-likeness (QED) is 0.828. The summed E-state index contributed by atoms with van der Waals surface area (Å²) < 4.78 is 0. The van der Waals surface area contributed by atoms with Gasteiger partial charge in [-0.1, -0.05) is 18.5 Å². The lowest BCUT2D eigenvalue weighted by Gasteiger charge is -2.11. The van der Waals surface area contributed by atoms with Gasteiger partial charge in [0.25, 0.3) is 0 Å². The highest BCUT2D eigenvalue weighted by molar-refractivity contribution is 6.30. The zero-order valence-electron chi connectivity index (χ0n) is 9.60. The van der Waals surface area contributed by atoms with E-state index >= 15 is 0 Å². The third-order valence-corrected chi connectivity index (χ3v) is 3.53. The second-order valence-corrected chi connectivity index (χ2v) is 5.15. The van der Waals surface area contributed by atoms with Gasteiger partial charge in [-0.3, -0.25) is 0 Å². The molecule has 1 aliphatic rings. The molecular formula is C13H18ClN. The first-order valence-electron chi connectivity index (χ1n) is 5.57. The van der Waals surface area contributed by atoms with Crippen molar-refractivity contribution in [2.24, 2.45) is 5.92 Å². The van der Waals surface area contributed by atoms with Gasteiger partial charge in [0.15, 0.2) is 0 Å². The number of aryl methyl sites for hydroxylation is 2. The largest absolute Gasteiger partial charge is 0.310 e. The first kappa shape index (κ1) is 11.0. The van der Waals surface area contributed by atoms with Crippen molar-refractivity contribution in [1.29, 1.82) is 0 Å². The minimum atomic E-state index is 0.736. The molecule has 1 N–H and O–H groups in total. The van der Waals surface area contributed by atoms with Crippen LogP contribution in [0.4, 0.5) is 0 Å². The molecule has 0 spiro atoms. The first-order valence-corrected chi connectivity index (χ1v) is 5.94. The number of hydrogen-bond acceptors (Lipinski definition) is 1. The molecule has 1 aromatic rings. The molecule has 2 rings (SSSR count). The van der Waals surface area contributed by atoms with Gasteiger partial charge < -0.3 is 5.32 Å². The molecule has 2 atom stereocenters. The second kappa shape index (κ2) is 4.15. The molecule has 0 bridgehead atoms. The molecule has 1 saturated carbocycles. The standard InChI is InChI=1S/C13H18ClN/c1-8-4-11(14)5-9(2)12(8)7-15-13-6-10(13)3/h4-5,10,13,15H,6-7H2,1-3H3. The van der Waals surface area contributed by atoms with Crippen LogP contribution in [0.5, 0.6) is 0 Å². The predicted molar refractivity (Wildman–Crippen MR) is 65.3 cm³/mol.